The number of nitrogens with one attached hydrogen (secondary N) is 2. The van der Waals surface area contributed by atoms with Gasteiger partial charge in [-0.25, -0.2) is 0 Å². The van der Waals surface area contributed by atoms with Gasteiger partial charge in [0.2, 0.25) is 0 Å². The second-order valence-corrected chi connectivity index (χ2v) is 22.2. The van der Waals surface area contributed by atoms with Gasteiger partial charge in [-0.15, -0.1) is 0 Å². The van der Waals surface area contributed by atoms with Crippen molar-refractivity contribution in [3.05, 3.63) is 223 Å². The molecule has 8 nitrogen and oxygen atoms in total. The van der Waals surface area contributed by atoms with Crippen LogP contribution >= 0.6 is 0 Å². The first-order chi connectivity index (χ1) is 38.4. The van der Waals surface area contributed by atoms with Crippen molar-refractivity contribution < 1.29 is 29.3 Å². The van der Waals surface area contributed by atoms with Crippen molar-refractivity contribution in [3.8, 4) is 45.6 Å². The molecule has 0 unspecified atom stereocenters. The molecule has 0 saturated heterocycles. The van der Waals surface area contributed by atoms with Gasteiger partial charge >= 0.3 is 0 Å². The number of benzene rings is 8. The van der Waals surface area contributed by atoms with Crippen LogP contribution in [0.15, 0.2) is 152 Å². The van der Waals surface area contributed by atoms with E-state index in [1.807, 2.05) is 97.1 Å². The zero-order valence-electron chi connectivity index (χ0n) is 48.1. The van der Waals surface area contributed by atoms with Gasteiger partial charge in [-0.3, -0.25) is 9.59 Å². The van der Waals surface area contributed by atoms with E-state index in [9.17, 15) is 10.2 Å². The average Bonchev–Trinajstić information content (AvgIpc) is 3.43. The van der Waals surface area contributed by atoms with Gasteiger partial charge in [0.25, 0.3) is 11.8 Å². The van der Waals surface area contributed by atoms with Crippen LogP contribution < -0.4 is 30.5 Å². The Balaban J connectivity index is 1.32. The van der Waals surface area contributed by atoms with Crippen LogP contribution in [0.25, 0.3) is 24.3 Å². The highest BCUT2D eigenvalue weighted by molar-refractivity contribution is 6.08. The molecule has 0 fully saturated rings. The third-order valence-corrected chi connectivity index (χ3v) is 15.2. The van der Waals surface area contributed by atoms with Crippen molar-refractivity contribution >= 4 is 36.3 Å². The fraction of sp³-hybridized carbons (Fsp3) is 0.278. The summed E-state index contributed by atoms with van der Waals surface area (Å²) in [4.78, 5) is 30.1. The normalized spacial score (nSPS) is 11.4. The SMILES string of the molecule is C=c1c(C(=O)Nc2c(C(C)C)cccc2C(C)C)cc(Oc2ccccc2CCCc2ccccc2O)c(-c2c(CC)cc(C(=O)Nc3c(C(C)C)cccc3C(C)C)cc2Oc2ccccc2CCCc2ccccc2O)c1=C. The number of carbonyl (C=O) groups excluding carboxylic acids is 2. The second kappa shape index (κ2) is 26.1. The van der Waals surface area contributed by atoms with Crippen molar-refractivity contribution in [2.75, 3.05) is 10.6 Å². The number of anilines is 2. The highest BCUT2D eigenvalue weighted by Gasteiger charge is 2.27. The maximum absolute atomic E-state index is 15.1. The molecule has 4 N–H and O–H groups in total. The van der Waals surface area contributed by atoms with Crippen LogP contribution in [0.5, 0.6) is 34.5 Å². The molecule has 0 aliphatic rings. The average molecular weight is 1070 g/mol. The van der Waals surface area contributed by atoms with Crippen LogP contribution in [0.1, 0.15) is 170 Å². The molecule has 2 amide bonds. The number of phenols is 2. The third-order valence-electron chi connectivity index (χ3n) is 15.2. The molecular formula is C72H78N2O6. The van der Waals surface area contributed by atoms with Crippen molar-refractivity contribution in [1.29, 1.82) is 0 Å². The fourth-order valence-electron chi connectivity index (χ4n) is 10.8. The minimum atomic E-state index is -0.346. The van der Waals surface area contributed by atoms with Crippen molar-refractivity contribution in [3.63, 3.8) is 0 Å². The largest absolute Gasteiger partial charge is 0.508 e. The topological polar surface area (TPSA) is 117 Å². The zero-order valence-corrected chi connectivity index (χ0v) is 48.1. The molecule has 80 heavy (non-hydrogen) atoms. The smallest absolute Gasteiger partial charge is 0.256 e. The lowest BCUT2D eigenvalue weighted by molar-refractivity contribution is 0.101. The van der Waals surface area contributed by atoms with Crippen LogP contribution in [0.2, 0.25) is 0 Å². The molecule has 8 heteroatoms. The van der Waals surface area contributed by atoms with Crippen molar-refractivity contribution in [1.82, 2.24) is 0 Å². The highest BCUT2D eigenvalue weighted by Crippen LogP contribution is 2.44. The summed E-state index contributed by atoms with van der Waals surface area (Å²) in [5, 5.41) is 28.8. The molecule has 0 heterocycles. The van der Waals surface area contributed by atoms with E-state index in [1.165, 1.54) is 0 Å². The van der Waals surface area contributed by atoms with Crippen molar-refractivity contribution in [2.24, 2.45) is 0 Å². The highest BCUT2D eigenvalue weighted by atomic mass is 16.5. The Morgan fingerprint density at radius 2 is 0.825 bits per heavy atom. The van der Waals surface area contributed by atoms with E-state index in [-0.39, 0.29) is 47.0 Å². The number of carbonyl (C=O) groups is 2. The Labute approximate surface area is 473 Å². The van der Waals surface area contributed by atoms with E-state index in [0.29, 0.717) is 87.8 Å². The standard InChI is InChI=1S/C72H78N2O6/c1-12-50-41-55(71(77)73-69-56(44(2)3)33-23-34-57(69)45(4)5)42-65(79-63-39-19-15-27-53(63)31-21-29-51-25-13-17-37-61(51)75)68(50)67-49(11)48(10)60(72(78)74-70-58(46(6)7)35-24-36-59(70)47(8)9)43-66(67)80-64-40-20-16-28-54(64)32-22-30-52-26-14-18-38-62(52)76/h13-20,23-28,33-47,75-76H,10-12,21-22,29-32H2,1-9H3,(H,73,77)(H,74,78). The lowest BCUT2D eigenvalue weighted by Gasteiger charge is -2.24. The molecule has 0 saturated carbocycles. The number of aryl methyl sites for hydroxylation is 5. The fourth-order valence-corrected chi connectivity index (χ4v) is 10.8. The maximum atomic E-state index is 15.1. The van der Waals surface area contributed by atoms with Gasteiger partial charge < -0.3 is 30.3 Å². The minimum absolute atomic E-state index is 0.135. The first-order valence-electron chi connectivity index (χ1n) is 28.4. The number of hydrogen-bond donors (Lipinski definition) is 4. The molecule has 0 aromatic heterocycles. The van der Waals surface area contributed by atoms with Crippen LogP contribution in [-0.2, 0) is 32.1 Å². The van der Waals surface area contributed by atoms with Gasteiger partial charge in [0.15, 0.2) is 0 Å². The molecule has 0 spiro atoms. The number of aromatic hydroxyl groups is 2. The summed E-state index contributed by atoms with van der Waals surface area (Å²) >= 11 is 0. The van der Waals surface area contributed by atoms with E-state index >= 15 is 9.59 Å². The molecule has 8 rings (SSSR count). The summed E-state index contributed by atoms with van der Waals surface area (Å²) in [5.74, 6) is 2.45. The summed E-state index contributed by atoms with van der Waals surface area (Å²) < 4.78 is 14.5. The van der Waals surface area contributed by atoms with E-state index in [4.69, 9.17) is 16.1 Å². The number of amides is 2. The Kier molecular flexibility index (Phi) is 18.8. The van der Waals surface area contributed by atoms with Gasteiger partial charge in [0, 0.05) is 28.1 Å². The lowest BCUT2D eigenvalue weighted by atomic mass is 9.90. The molecule has 0 aliphatic carbocycles. The van der Waals surface area contributed by atoms with Gasteiger partial charge in [-0.2, -0.15) is 0 Å². The molecule has 8 aromatic rings. The van der Waals surface area contributed by atoms with Gasteiger partial charge in [0.1, 0.15) is 34.5 Å². The monoisotopic (exact) mass is 1070 g/mol. The van der Waals surface area contributed by atoms with Crippen LogP contribution in [0.3, 0.4) is 0 Å². The number of phenolic OH excluding ortho intramolecular Hbond substituents is 2. The number of hydrogen-bond acceptors (Lipinski definition) is 6. The summed E-state index contributed by atoms with van der Waals surface area (Å²) in [6.07, 6.45) is 4.55. The van der Waals surface area contributed by atoms with Gasteiger partial charge in [0.05, 0.1) is 5.56 Å². The minimum Gasteiger partial charge on any atom is -0.508 e. The van der Waals surface area contributed by atoms with Crippen LogP contribution in [-0.4, -0.2) is 22.0 Å². The van der Waals surface area contributed by atoms with E-state index in [1.54, 1.807) is 18.2 Å². The Morgan fingerprint density at radius 3 is 1.25 bits per heavy atom. The first kappa shape index (κ1) is 57.8. The quantitative estimate of drug-likeness (QED) is 0.0537. The van der Waals surface area contributed by atoms with Gasteiger partial charge in [-0.1, -0.05) is 185 Å². The summed E-state index contributed by atoms with van der Waals surface area (Å²) in [7, 11) is 0. The summed E-state index contributed by atoms with van der Waals surface area (Å²) in [6.45, 7) is 28.4. The number of para-hydroxylation sites is 6. The number of rotatable bonds is 22. The number of ether oxygens (including phenoxy) is 2. The van der Waals surface area contributed by atoms with E-state index in [2.05, 4.69) is 116 Å². The van der Waals surface area contributed by atoms with E-state index < -0.39 is 0 Å². The first-order valence-corrected chi connectivity index (χ1v) is 28.4. The molecule has 412 valence electrons. The predicted octanol–water partition coefficient (Wildman–Crippen LogP) is 17.1. The molecule has 0 radical (unpaired) electrons. The van der Waals surface area contributed by atoms with Crippen molar-refractivity contribution in [2.45, 2.75) is 131 Å². The molecule has 0 bridgehead atoms. The Morgan fingerprint density at radius 1 is 0.438 bits per heavy atom. The van der Waals surface area contributed by atoms with Crippen LogP contribution in [0.4, 0.5) is 11.4 Å². The van der Waals surface area contributed by atoms with Crippen LogP contribution in [0, 0.1) is 0 Å². The Bertz CT molecular complexity index is 3580. The lowest BCUT2D eigenvalue weighted by Crippen LogP contribution is -2.33. The van der Waals surface area contributed by atoms with Gasteiger partial charge in [-0.05, 0) is 172 Å². The summed E-state index contributed by atoms with van der Waals surface area (Å²) in [6, 6.07) is 48.6. The molecular weight excluding hydrogens is 989 g/mol. The molecule has 0 aliphatic heterocycles. The summed E-state index contributed by atoms with van der Waals surface area (Å²) in [5.41, 5.74) is 12.1. The second-order valence-electron chi connectivity index (χ2n) is 22.2. The third kappa shape index (κ3) is 13.2. The maximum Gasteiger partial charge on any atom is 0.256 e. The Hall–Kier alpha value is -8.36. The molecule has 8 aromatic carbocycles. The van der Waals surface area contributed by atoms with E-state index in [0.717, 1.165) is 74.3 Å². The zero-order chi connectivity index (χ0) is 57.2. The predicted molar refractivity (Wildman–Crippen MR) is 330 cm³/mol. The molecule has 0 atom stereocenters.